The Morgan fingerprint density at radius 2 is 1.91 bits per heavy atom. The highest BCUT2D eigenvalue weighted by Gasteiger charge is 2.24. The zero-order chi connectivity index (χ0) is 15.4. The second-order valence-corrected chi connectivity index (χ2v) is 6.15. The van der Waals surface area contributed by atoms with E-state index in [1.54, 1.807) is 0 Å². The molecule has 1 aromatic carbocycles. The molecule has 5 heteroatoms. The van der Waals surface area contributed by atoms with Gasteiger partial charge in [-0.05, 0) is 50.8 Å². The summed E-state index contributed by atoms with van der Waals surface area (Å²) in [5.41, 5.74) is 0.951. The Balaban J connectivity index is 1.58. The fourth-order valence-corrected chi connectivity index (χ4v) is 3.14. The average Bonchev–Trinajstić information content (AvgIpc) is 3.04. The molecule has 1 N–H and O–H groups in total. The van der Waals surface area contributed by atoms with Gasteiger partial charge in [0, 0.05) is 18.2 Å². The molecule has 22 heavy (non-hydrogen) atoms. The summed E-state index contributed by atoms with van der Waals surface area (Å²) < 4.78 is 5.35. The maximum atomic E-state index is 9.22. The Labute approximate surface area is 131 Å². The molecule has 0 amide bonds. The summed E-state index contributed by atoms with van der Waals surface area (Å²) >= 11 is 0. The topological polar surface area (TPSA) is 62.4 Å². The van der Waals surface area contributed by atoms with E-state index in [4.69, 9.17) is 4.52 Å². The van der Waals surface area contributed by atoms with Gasteiger partial charge in [0.15, 0.2) is 5.82 Å². The van der Waals surface area contributed by atoms with Gasteiger partial charge in [-0.2, -0.15) is 4.98 Å². The summed E-state index contributed by atoms with van der Waals surface area (Å²) in [6.45, 7) is 1.02. The predicted molar refractivity (Wildman–Crippen MR) is 84.0 cm³/mol. The Morgan fingerprint density at radius 1 is 1.18 bits per heavy atom. The van der Waals surface area contributed by atoms with Gasteiger partial charge in [-0.15, -0.1) is 0 Å². The van der Waals surface area contributed by atoms with E-state index in [1.807, 2.05) is 30.3 Å². The molecule has 1 aliphatic rings. The van der Waals surface area contributed by atoms with E-state index in [1.165, 1.54) is 0 Å². The molecule has 0 saturated heterocycles. The van der Waals surface area contributed by atoms with Gasteiger partial charge in [0.1, 0.15) is 0 Å². The fraction of sp³-hybridized carbons (Fsp3) is 0.529. The van der Waals surface area contributed by atoms with Crippen molar-refractivity contribution in [2.24, 2.45) is 5.92 Å². The molecule has 3 rings (SSSR count). The van der Waals surface area contributed by atoms with Gasteiger partial charge < -0.3 is 9.63 Å². The van der Waals surface area contributed by atoms with Crippen molar-refractivity contribution in [2.45, 2.75) is 38.3 Å². The van der Waals surface area contributed by atoms with Crippen LogP contribution in [-0.4, -0.2) is 39.8 Å². The molecule has 0 bridgehead atoms. The number of aromatic nitrogens is 2. The average molecular weight is 301 g/mol. The van der Waals surface area contributed by atoms with Crippen molar-refractivity contribution in [3.8, 4) is 11.5 Å². The second kappa shape index (κ2) is 7.03. The zero-order valence-corrected chi connectivity index (χ0v) is 13.0. The number of nitrogens with zero attached hydrogens (tertiary/aromatic N) is 3. The van der Waals surface area contributed by atoms with E-state index >= 15 is 0 Å². The van der Waals surface area contributed by atoms with Crippen LogP contribution in [0.5, 0.6) is 0 Å². The van der Waals surface area contributed by atoms with Crippen LogP contribution in [0.15, 0.2) is 34.9 Å². The molecule has 0 spiro atoms. The zero-order valence-electron chi connectivity index (χ0n) is 13.0. The van der Waals surface area contributed by atoms with E-state index in [0.29, 0.717) is 31.0 Å². The highest BCUT2D eigenvalue weighted by molar-refractivity contribution is 5.51. The summed E-state index contributed by atoms with van der Waals surface area (Å²) in [6, 6.07) is 10.4. The summed E-state index contributed by atoms with van der Waals surface area (Å²) in [4.78, 5) is 6.79. The number of rotatable bonds is 5. The highest BCUT2D eigenvalue weighted by Crippen LogP contribution is 2.27. The van der Waals surface area contributed by atoms with Crippen LogP contribution in [0.2, 0.25) is 0 Å². The largest absolute Gasteiger partial charge is 0.396 e. The molecule has 0 unspecified atom stereocenters. The lowest BCUT2D eigenvalue weighted by Gasteiger charge is -2.33. The van der Waals surface area contributed by atoms with E-state index in [9.17, 15) is 5.11 Å². The number of aliphatic hydroxyl groups is 1. The minimum atomic E-state index is 0.321. The lowest BCUT2D eigenvalue weighted by atomic mass is 9.86. The number of aliphatic hydroxyl groups excluding tert-OH is 1. The molecule has 0 radical (unpaired) electrons. The van der Waals surface area contributed by atoms with Gasteiger partial charge >= 0.3 is 0 Å². The normalized spacial score (nSPS) is 22.1. The summed E-state index contributed by atoms with van der Waals surface area (Å²) in [5, 5.41) is 13.3. The minimum Gasteiger partial charge on any atom is -0.396 e. The van der Waals surface area contributed by atoms with Crippen molar-refractivity contribution in [1.82, 2.24) is 15.0 Å². The first-order valence-electron chi connectivity index (χ1n) is 7.95. The predicted octanol–water partition coefficient (Wildman–Crippen LogP) is 2.72. The Kier molecular flexibility index (Phi) is 4.85. The van der Waals surface area contributed by atoms with Gasteiger partial charge in [0.2, 0.25) is 0 Å². The third-order valence-corrected chi connectivity index (χ3v) is 4.58. The standard InChI is InChI=1S/C17H23N3O2/c1-20(15-9-7-13(12-21)8-10-15)11-16-18-17(22-19-16)14-5-3-2-4-6-14/h2-6,13,15,21H,7-12H2,1H3. The molecule has 1 aliphatic carbocycles. The van der Waals surface area contributed by atoms with Crippen molar-refractivity contribution in [3.05, 3.63) is 36.2 Å². The SMILES string of the molecule is CN(Cc1noc(-c2ccccc2)n1)C1CCC(CO)CC1. The van der Waals surface area contributed by atoms with Crippen LogP contribution in [0, 0.1) is 5.92 Å². The first-order valence-corrected chi connectivity index (χ1v) is 7.95. The van der Waals surface area contributed by atoms with Crippen molar-refractivity contribution in [2.75, 3.05) is 13.7 Å². The smallest absolute Gasteiger partial charge is 0.257 e. The molecule has 0 aliphatic heterocycles. The quantitative estimate of drug-likeness (QED) is 0.920. The van der Waals surface area contributed by atoms with Gasteiger partial charge in [-0.3, -0.25) is 4.90 Å². The molecule has 1 saturated carbocycles. The molecular weight excluding hydrogens is 278 g/mol. The molecule has 1 fully saturated rings. The molecule has 1 aromatic heterocycles. The Bertz CT molecular complexity index is 577. The fourth-order valence-electron chi connectivity index (χ4n) is 3.14. The van der Waals surface area contributed by atoms with E-state index in [0.717, 1.165) is 37.1 Å². The van der Waals surface area contributed by atoms with Crippen LogP contribution in [-0.2, 0) is 6.54 Å². The van der Waals surface area contributed by atoms with Crippen LogP contribution in [0.4, 0.5) is 0 Å². The minimum absolute atomic E-state index is 0.321. The second-order valence-electron chi connectivity index (χ2n) is 6.15. The lowest BCUT2D eigenvalue weighted by Crippen LogP contribution is -2.35. The van der Waals surface area contributed by atoms with Crippen LogP contribution in [0.25, 0.3) is 11.5 Å². The molecule has 0 atom stereocenters. The molecule has 5 nitrogen and oxygen atoms in total. The van der Waals surface area contributed by atoms with Crippen molar-refractivity contribution in [1.29, 1.82) is 0 Å². The molecular formula is C17H23N3O2. The van der Waals surface area contributed by atoms with Gasteiger partial charge in [0.25, 0.3) is 5.89 Å². The number of hydrogen-bond donors (Lipinski definition) is 1. The molecule has 118 valence electrons. The highest BCUT2D eigenvalue weighted by atomic mass is 16.5. The van der Waals surface area contributed by atoms with Crippen LogP contribution < -0.4 is 0 Å². The van der Waals surface area contributed by atoms with Crippen molar-refractivity contribution >= 4 is 0 Å². The summed E-state index contributed by atoms with van der Waals surface area (Å²) in [7, 11) is 2.11. The van der Waals surface area contributed by atoms with Gasteiger partial charge in [-0.1, -0.05) is 23.4 Å². The molecule has 1 heterocycles. The van der Waals surface area contributed by atoms with Crippen LogP contribution in [0.3, 0.4) is 0 Å². The monoisotopic (exact) mass is 301 g/mol. The number of benzene rings is 1. The third-order valence-electron chi connectivity index (χ3n) is 4.58. The molecule has 2 aromatic rings. The maximum absolute atomic E-state index is 9.22. The van der Waals surface area contributed by atoms with Crippen molar-refractivity contribution in [3.63, 3.8) is 0 Å². The van der Waals surface area contributed by atoms with E-state index < -0.39 is 0 Å². The van der Waals surface area contributed by atoms with Gasteiger partial charge in [-0.25, -0.2) is 0 Å². The summed E-state index contributed by atoms with van der Waals surface area (Å²) in [6.07, 6.45) is 4.47. The van der Waals surface area contributed by atoms with Crippen molar-refractivity contribution < 1.29 is 9.63 Å². The Morgan fingerprint density at radius 3 is 2.59 bits per heavy atom. The first kappa shape index (κ1) is 15.2. The summed E-state index contributed by atoms with van der Waals surface area (Å²) in [5.74, 6) is 1.79. The van der Waals surface area contributed by atoms with E-state index in [2.05, 4.69) is 22.1 Å². The number of hydrogen-bond acceptors (Lipinski definition) is 5. The Hall–Kier alpha value is -1.72. The first-order chi connectivity index (χ1) is 10.8. The van der Waals surface area contributed by atoms with E-state index in [-0.39, 0.29) is 0 Å². The lowest BCUT2D eigenvalue weighted by molar-refractivity contribution is 0.122. The van der Waals surface area contributed by atoms with Crippen LogP contribution >= 0.6 is 0 Å². The maximum Gasteiger partial charge on any atom is 0.257 e. The van der Waals surface area contributed by atoms with Gasteiger partial charge in [0.05, 0.1) is 6.54 Å². The van der Waals surface area contributed by atoms with Crippen LogP contribution in [0.1, 0.15) is 31.5 Å². The third kappa shape index (κ3) is 3.54.